The van der Waals surface area contributed by atoms with Gasteiger partial charge in [-0.25, -0.2) is 4.39 Å². The van der Waals surface area contributed by atoms with Crippen molar-refractivity contribution in [1.82, 2.24) is 15.2 Å². The van der Waals surface area contributed by atoms with E-state index in [1.54, 1.807) is 11.2 Å². The van der Waals surface area contributed by atoms with Crippen molar-refractivity contribution in [2.75, 3.05) is 16.8 Å². The summed E-state index contributed by atoms with van der Waals surface area (Å²) in [5, 5.41) is 7.04. The van der Waals surface area contributed by atoms with Gasteiger partial charge in [0.05, 0.1) is 11.6 Å². The van der Waals surface area contributed by atoms with Crippen molar-refractivity contribution in [3.8, 4) is 0 Å². The Kier molecular flexibility index (Phi) is 4.15. The summed E-state index contributed by atoms with van der Waals surface area (Å²) in [7, 11) is 0. The van der Waals surface area contributed by atoms with E-state index in [4.69, 9.17) is 0 Å². The highest BCUT2D eigenvalue weighted by Gasteiger charge is 2.38. The maximum Gasteiger partial charge on any atom is 0.451 e. The number of nitrogens with one attached hydrogen (secondary N) is 2. The fraction of sp³-hybridized carbons (Fsp3) is 0.286. The van der Waals surface area contributed by atoms with Crippen molar-refractivity contribution >= 4 is 23.5 Å². The first kappa shape index (κ1) is 16.9. The number of H-pyrrole nitrogens is 1. The number of alkyl halides is 3. The van der Waals surface area contributed by atoms with Gasteiger partial charge in [-0.3, -0.25) is 20.0 Å². The summed E-state index contributed by atoms with van der Waals surface area (Å²) in [6.07, 6.45) is -4.92. The van der Waals surface area contributed by atoms with E-state index in [2.05, 4.69) is 15.4 Å². The van der Waals surface area contributed by atoms with E-state index in [1.165, 1.54) is 18.2 Å². The van der Waals surface area contributed by atoms with Crippen molar-refractivity contribution in [2.45, 2.75) is 12.6 Å². The summed E-state index contributed by atoms with van der Waals surface area (Å²) >= 11 is 0. The van der Waals surface area contributed by atoms with Gasteiger partial charge < -0.3 is 4.90 Å². The SMILES string of the molecule is O=C(Nc1n[nH]c(C(F)(F)F)n1)C1CC(=O)N(c2ccccc2F)C1. The van der Waals surface area contributed by atoms with Crippen LogP contribution in [0.15, 0.2) is 24.3 Å². The molecule has 0 spiro atoms. The quantitative estimate of drug-likeness (QED) is 0.822. The highest BCUT2D eigenvalue weighted by Crippen LogP contribution is 2.29. The second-order valence-electron chi connectivity index (χ2n) is 5.35. The third-order valence-electron chi connectivity index (χ3n) is 3.63. The molecule has 25 heavy (non-hydrogen) atoms. The summed E-state index contributed by atoms with van der Waals surface area (Å²) in [6.45, 7) is -0.0951. The Morgan fingerprint density at radius 2 is 2.04 bits per heavy atom. The molecule has 2 heterocycles. The van der Waals surface area contributed by atoms with Gasteiger partial charge in [-0.15, -0.1) is 5.10 Å². The Labute approximate surface area is 138 Å². The zero-order valence-electron chi connectivity index (χ0n) is 12.5. The van der Waals surface area contributed by atoms with Crippen LogP contribution in [0.1, 0.15) is 12.2 Å². The highest BCUT2D eigenvalue weighted by molar-refractivity contribution is 6.03. The third kappa shape index (κ3) is 3.44. The number of amides is 2. The van der Waals surface area contributed by atoms with Crippen molar-refractivity contribution in [3.63, 3.8) is 0 Å². The molecule has 0 saturated carbocycles. The Hall–Kier alpha value is -2.98. The molecule has 1 saturated heterocycles. The molecule has 11 heteroatoms. The minimum atomic E-state index is -4.72. The van der Waals surface area contributed by atoms with Crippen molar-refractivity contribution in [2.24, 2.45) is 5.92 Å². The smallest absolute Gasteiger partial charge is 0.309 e. The molecular weight excluding hydrogens is 346 g/mol. The van der Waals surface area contributed by atoms with Gasteiger partial charge in [0.15, 0.2) is 0 Å². The van der Waals surface area contributed by atoms with Crippen LogP contribution in [0.2, 0.25) is 0 Å². The van der Waals surface area contributed by atoms with Gasteiger partial charge in [0, 0.05) is 13.0 Å². The lowest BCUT2D eigenvalue weighted by Gasteiger charge is -2.17. The number of aromatic amines is 1. The average Bonchev–Trinajstić information content (AvgIpc) is 3.14. The van der Waals surface area contributed by atoms with Gasteiger partial charge in [-0.2, -0.15) is 18.2 Å². The van der Waals surface area contributed by atoms with Gasteiger partial charge in [0.1, 0.15) is 5.82 Å². The highest BCUT2D eigenvalue weighted by atomic mass is 19.4. The molecule has 3 rings (SSSR count). The minimum absolute atomic E-state index is 0.0417. The normalized spacial score (nSPS) is 17.8. The molecule has 1 atom stereocenters. The van der Waals surface area contributed by atoms with Gasteiger partial charge >= 0.3 is 6.18 Å². The fourth-order valence-electron chi connectivity index (χ4n) is 2.44. The van der Waals surface area contributed by atoms with Gasteiger partial charge in [0.25, 0.3) is 0 Å². The lowest BCUT2D eigenvalue weighted by molar-refractivity contribution is -0.144. The Balaban J connectivity index is 1.69. The number of hydrogen-bond acceptors (Lipinski definition) is 4. The second-order valence-corrected chi connectivity index (χ2v) is 5.35. The molecule has 1 aliphatic heterocycles. The number of para-hydroxylation sites is 1. The lowest BCUT2D eigenvalue weighted by Crippen LogP contribution is -2.29. The molecule has 0 bridgehead atoms. The molecule has 7 nitrogen and oxygen atoms in total. The number of halogens is 4. The van der Waals surface area contributed by atoms with E-state index >= 15 is 0 Å². The summed E-state index contributed by atoms with van der Waals surface area (Å²) in [4.78, 5) is 28.4. The molecule has 0 radical (unpaired) electrons. The first-order chi connectivity index (χ1) is 11.8. The lowest BCUT2D eigenvalue weighted by atomic mass is 10.1. The molecule has 1 fully saturated rings. The Bertz CT molecular complexity index is 820. The summed E-state index contributed by atoms with van der Waals surface area (Å²) in [5.74, 6) is -4.55. The van der Waals surface area contributed by atoms with E-state index in [0.29, 0.717) is 0 Å². The van der Waals surface area contributed by atoms with E-state index < -0.39 is 41.5 Å². The topological polar surface area (TPSA) is 91.0 Å². The van der Waals surface area contributed by atoms with Crippen molar-refractivity contribution < 1.29 is 27.2 Å². The van der Waals surface area contributed by atoms with Crippen LogP contribution in [0.25, 0.3) is 0 Å². The number of rotatable bonds is 3. The van der Waals surface area contributed by atoms with Crippen LogP contribution in [0, 0.1) is 11.7 Å². The molecule has 1 aromatic heterocycles. The monoisotopic (exact) mass is 357 g/mol. The molecule has 2 N–H and O–H groups in total. The van der Waals surface area contributed by atoms with E-state index in [9.17, 15) is 27.2 Å². The number of carbonyl (C=O) groups is 2. The minimum Gasteiger partial charge on any atom is -0.309 e. The molecule has 1 unspecified atom stereocenters. The van der Waals surface area contributed by atoms with Crippen molar-refractivity contribution in [1.29, 1.82) is 0 Å². The first-order valence-corrected chi connectivity index (χ1v) is 7.11. The van der Waals surface area contributed by atoms with Crippen molar-refractivity contribution in [3.05, 3.63) is 35.9 Å². The predicted molar refractivity (Wildman–Crippen MR) is 76.9 cm³/mol. The second kappa shape index (κ2) is 6.15. The molecule has 0 aliphatic carbocycles. The van der Waals surface area contributed by atoms with Crippen LogP contribution < -0.4 is 10.2 Å². The number of hydrogen-bond donors (Lipinski definition) is 2. The molecule has 132 valence electrons. The summed E-state index contributed by atoms with van der Waals surface area (Å²) < 4.78 is 51.1. The predicted octanol–water partition coefficient (Wildman–Crippen LogP) is 1.95. The Morgan fingerprint density at radius 1 is 1.32 bits per heavy atom. The van der Waals surface area contributed by atoms with Crippen LogP contribution in [0.5, 0.6) is 0 Å². The maximum atomic E-state index is 13.8. The Morgan fingerprint density at radius 3 is 2.68 bits per heavy atom. The van der Waals surface area contributed by atoms with Gasteiger partial charge in [-0.1, -0.05) is 12.1 Å². The summed E-state index contributed by atoms with van der Waals surface area (Å²) in [5.41, 5.74) is 0.0417. The molecule has 2 aromatic rings. The molecule has 1 aliphatic rings. The maximum absolute atomic E-state index is 13.8. The number of nitrogens with zero attached hydrogens (tertiary/aromatic N) is 3. The molecule has 2 amide bonds. The van der Waals surface area contributed by atoms with E-state index in [0.717, 1.165) is 4.90 Å². The van der Waals surface area contributed by atoms with Crippen LogP contribution in [-0.2, 0) is 15.8 Å². The zero-order chi connectivity index (χ0) is 18.2. The van der Waals surface area contributed by atoms with Gasteiger partial charge in [0.2, 0.25) is 23.6 Å². The summed E-state index contributed by atoms with van der Waals surface area (Å²) in [6, 6.07) is 5.59. The fourth-order valence-corrected chi connectivity index (χ4v) is 2.44. The van der Waals surface area contributed by atoms with Gasteiger partial charge in [-0.05, 0) is 12.1 Å². The van der Waals surface area contributed by atoms with E-state index in [1.807, 2.05) is 0 Å². The zero-order valence-corrected chi connectivity index (χ0v) is 12.5. The number of anilines is 2. The van der Waals surface area contributed by atoms with Crippen LogP contribution in [-0.4, -0.2) is 33.5 Å². The molecular formula is C14H11F4N5O2. The van der Waals surface area contributed by atoms with Crippen LogP contribution in [0.4, 0.5) is 29.2 Å². The first-order valence-electron chi connectivity index (χ1n) is 7.11. The number of benzene rings is 1. The standard InChI is InChI=1S/C14H11F4N5O2/c15-8-3-1-2-4-9(8)23-6-7(5-10(23)24)11(25)19-13-20-12(21-22-13)14(16,17)18/h1-4,7H,5-6H2,(H2,19,20,21,22,25). The number of carbonyl (C=O) groups excluding carboxylic acids is 2. The number of aromatic nitrogens is 3. The van der Waals surface area contributed by atoms with Crippen LogP contribution in [0.3, 0.4) is 0 Å². The largest absolute Gasteiger partial charge is 0.451 e. The average molecular weight is 357 g/mol. The third-order valence-corrected chi connectivity index (χ3v) is 3.63. The van der Waals surface area contributed by atoms with E-state index in [-0.39, 0.29) is 18.7 Å². The molecule has 1 aromatic carbocycles. The van der Waals surface area contributed by atoms with Crippen LogP contribution >= 0.6 is 0 Å².